The summed E-state index contributed by atoms with van der Waals surface area (Å²) in [4.78, 5) is 18.7. The third-order valence-corrected chi connectivity index (χ3v) is 8.31. The van der Waals surface area contributed by atoms with Crippen LogP contribution < -0.4 is 20.3 Å². The zero-order chi connectivity index (χ0) is 29.9. The number of hydrogen-bond acceptors (Lipinski definition) is 8. The lowest BCUT2D eigenvalue weighted by Crippen LogP contribution is -2.37. The number of halogens is 2. The first-order chi connectivity index (χ1) is 20.9. The van der Waals surface area contributed by atoms with Crippen LogP contribution in [0.3, 0.4) is 0 Å². The number of pyridine rings is 1. The van der Waals surface area contributed by atoms with E-state index in [-0.39, 0.29) is 24.1 Å². The van der Waals surface area contributed by atoms with Crippen molar-refractivity contribution in [3.63, 3.8) is 0 Å². The van der Waals surface area contributed by atoms with Gasteiger partial charge in [-0.15, -0.1) is 0 Å². The van der Waals surface area contributed by atoms with Gasteiger partial charge in [-0.3, -0.25) is 4.55 Å². The molecule has 6 rings (SSSR count). The second-order valence-electron chi connectivity index (χ2n) is 10.6. The molecule has 2 atom stereocenters. The molecule has 4 aromatic rings. The highest BCUT2D eigenvalue weighted by molar-refractivity contribution is 7.77. The van der Waals surface area contributed by atoms with E-state index in [9.17, 15) is 4.21 Å². The summed E-state index contributed by atoms with van der Waals surface area (Å²) >= 11 is -2.26. The van der Waals surface area contributed by atoms with Crippen molar-refractivity contribution in [3.8, 4) is 22.5 Å². The zero-order valence-corrected chi connectivity index (χ0v) is 24.3. The lowest BCUT2D eigenvalue weighted by atomic mass is 9.96. The molecule has 2 aromatic carbocycles. The largest absolute Gasteiger partial charge is 0.384 e. The Kier molecular flexibility index (Phi) is 8.75. The van der Waals surface area contributed by atoms with Gasteiger partial charge in [0.25, 0.3) is 0 Å². The maximum Gasteiger partial charge on any atom is 0.231 e. The number of alkyl halides is 1. The number of aromatic nitrogens is 3. The van der Waals surface area contributed by atoms with E-state index >= 15 is 8.78 Å². The number of hydrogen-bond donors (Lipinski definition) is 3. The summed E-state index contributed by atoms with van der Waals surface area (Å²) in [5.41, 5.74) is 8.94. The molecule has 2 aliphatic rings. The molecular weight excluding hydrogens is 576 g/mol. The predicted molar refractivity (Wildman–Crippen MR) is 164 cm³/mol. The molecule has 2 aromatic heterocycles. The van der Waals surface area contributed by atoms with Crippen LogP contribution in [0.2, 0.25) is 0 Å². The molecule has 0 bridgehead atoms. The summed E-state index contributed by atoms with van der Waals surface area (Å²) in [6.45, 7) is 3.97. The fraction of sp³-hybridized carbons (Fsp3) is 0.367. The Balaban J connectivity index is 1.52. The Morgan fingerprint density at radius 3 is 2.56 bits per heavy atom. The van der Waals surface area contributed by atoms with E-state index in [2.05, 4.69) is 19.5 Å². The minimum atomic E-state index is -2.26. The highest BCUT2D eigenvalue weighted by atomic mass is 32.2. The number of nitrogens with zero attached hydrogens (tertiary/aromatic N) is 5. The number of nitrogens with one attached hydrogen (secondary N) is 1. The summed E-state index contributed by atoms with van der Waals surface area (Å²) in [6.07, 6.45) is 1.91. The Hall–Kier alpha value is -3.78. The van der Waals surface area contributed by atoms with Crippen molar-refractivity contribution in [1.82, 2.24) is 19.7 Å². The Morgan fingerprint density at radius 2 is 1.84 bits per heavy atom. The molecule has 43 heavy (non-hydrogen) atoms. The van der Waals surface area contributed by atoms with Crippen molar-refractivity contribution in [2.45, 2.75) is 25.4 Å². The normalized spacial score (nSPS) is 17.0. The van der Waals surface area contributed by atoms with Gasteiger partial charge in [0.05, 0.1) is 24.4 Å². The summed E-state index contributed by atoms with van der Waals surface area (Å²) < 4.78 is 58.8. The molecule has 0 spiro atoms. The van der Waals surface area contributed by atoms with Crippen molar-refractivity contribution in [3.05, 3.63) is 60.0 Å². The molecule has 0 amide bonds. The molecule has 0 radical (unpaired) electrons. The molecule has 2 fully saturated rings. The van der Waals surface area contributed by atoms with Gasteiger partial charge in [-0.25, -0.2) is 32.7 Å². The van der Waals surface area contributed by atoms with Crippen LogP contribution in [-0.4, -0.2) is 69.7 Å². The van der Waals surface area contributed by atoms with Crippen molar-refractivity contribution >= 4 is 39.5 Å². The van der Waals surface area contributed by atoms with Crippen LogP contribution in [-0.2, 0) is 16.0 Å². The smallest absolute Gasteiger partial charge is 0.231 e. The maximum absolute atomic E-state index is 16.0. The lowest BCUT2D eigenvalue weighted by Gasteiger charge is -2.30. The second kappa shape index (κ2) is 12.8. The number of rotatable bonds is 9. The van der Waals surface area contributed by atoms with E-state index < -0.39 is 23.3 Å². The molecule has 2 aliphatic heterocycles. The third-order valence-electron chi connectivity index (χ3n) is 7.86. The third kappa shape index (κ3) is 6.30. The van der Waals surface area contributed by atoms with Crippen LogP contribution in [0.5, 0.6) is 0 Å². The summed E-state index contributed by atoms with van der Waals surface area (Å²) in [7, 11) is 0. The van der Waals surface area contributed by atoms with Gasteiger partial charge in [-0.1, -0.05) is 18.2 Å². The molecule has 2 unspecified atom stereocenters. The quantitative estimate of drug-likeness (QED) is 0.232. The average molecular weight is 610 g/mol. The topological polar surface area (TPSA) is 130 Å². The van der Waals surface area contributed by atoms with E-state index in [0.717, 1.165) is 48.1 Å². The molecule has 10 nitrogen and oxygen atoms in total. The molecule has 0 aliphatic carbocycles. The van der Waals surface area contributed by atoms with Crippen LogP contribution in [0, 0.1) is 5.82 Å². The van der Waals surface area contributed by atoms with Crippen molar-refractivity contribution in [2.24, 2.45) is 0 Å². The number of benzene rings is 2. The van der Waals surface area contributed by atoms with Gasteiger partial charge in [0, 0.05) is 61.0 Å². The highest BCUT2D eigenvalue weighted by Gasteiger charge is 2.25. The molecule has 4 N–H and O–H groups in total. The van der Waals surface area contributed by atoms with Gasteiger partial charge >= 0.3 is 0 Å². The number of anilines is 3. The first-order valence-corrected chi connectivity index (χ1v) is 15.4. The monoisotopic (exact) mass is 609 g/mol. The summed E-state index contributed by atoms with van der Waals surface area (Å²) in [5, 5.41) is 0.768. The Bertz CT molecular complexity index is 1630. The van der Waals surface area contributed by atoms with E-state index in [1.807, 2.05) is 18.2 Å². The first kappa shape index (κ1) is 29.3. The Morgan fingerprint density at radius 1 is 1.05 bits per heavy atom. The minimum absolute atomic E-state index is 0.0743. The van der Waals surface area contributed by atoms with Crippen LogP contribution >= 0.6 is 0 Å². The number of ether oxygens (including phenoxy) is 1. The average Bonchev–Trinajstić information content (AvgIpc) is 3.56. The molecule has 0 saturated carbocycles. The zero-order valence-electron chi connectivity index (χ0n) is 23.5. The van der Waals surface area contributed by atoms with Crippen LogP contribution in [0.1, 0.15) is 31.0 Å². The van der Waals surface area contributed by atoms with Crippen molar-refractivity contribution in [1.29, 1.82) is 0 Å². The SMILES string of the molecule is Nc1ccc(-c2nc(N3CCOCC3)c3cc(-c4cccc(C(F)CCNS(=O)O)c4F)cc(N4CCCC4)c3n2)cn1. The van der Waals surface area contributed by atoms with Gasteiger partial charge in [-0.05, 0) is 49.1 Å². The second-order valence-corrected chi connectivity index (χ2v) is 11.4. The number of morpholine rings is 1. The standard InChI is InChI=1S/C30H33F2N7O3S/c31-24(8-9-35-43(40)41)22-5-3-4-21(27(22)32)20-16-23-28(25(17-20)38-10-1-2-11-38)36-29(19-6-7-26(33)34-18-19)37-30(23)39-12-14-42-15-13-39/h3-7,16-18,24,35H,1-2,8-15H2,(H2,33,34)(H,40,41). The fourth-order valence-electron chi connectivity index (χ4n) is 5.68. The lowest BCUT2D eigenvalue weighted by molar-refractivity contribution is 0.122. The molecule has 13 heteroatoms. The number of nitrogen functional groups attached to an aromatic ring is 1. The number of fused-ring (bicyclic) bond motifs is 1. The fourth-order valence-corrected chi connectivity index (χ4v) is 5.97. The summed E-state index contributed by atoms with van der Waals surface area (Å²) in [5.74, 6) is 0.969. The minimum Gasteiger partial charge on any atom is -0.384 e. The van der Waals surface area contributed by atoms with Gasteiger partial charge in [0.2, 0.25) is 11.3 Å². The van der Waals surface area contributed by atoms with Crippen molar-refractivity contribution < 1.29 is 22.3 Å². The van der Waals surface area contributed by atoms with E-state index in [0.29, 0.717) is 49.3 Å². The van der Waals surface area contributed by atoms with Gasteiger partial charge in [0.1, 0.15) is 23.6 Å². The van der Waals surface area contributed by atoms with E-state index in [4.69, 9.17) is 25.0 Å². The van der Waals surface area contributed by atoms with Gasteiger partial charge in [-0.2, -0.15) is 0 Å². The number of nitrogens with two attached hydrogens (primary N) is 1. The predicted octanol–water partition coefficient (Wildman–Crippen LogP) is 4.64. The van der Waals surface area contributed by atoms with Gasteiger partial charge in [0.15, 0.2) is 5.82 Å². The van der Waals surface area contributed by atoms with Crippen molar-refractivity contribution in [2.75, 3.05) is 61.5 Å². The van der Waals surface area contributed by atoms with E-state index in [1.165, 1.54) is 6.07 Å². The molecule has 4 heterocycles. The Labute approximate surface area is 250 Å². The van der Waals surface area contributed by atoms with Gasteiger partial charge < -0.3 is 20.3 Å². The molecular formula is C30H33F2N7O3S. The maximum atomic E-state index is 16.0. The van der Waals surface area contributed by atoms with E-state index in [1.54, 1.807) is 24.4 Å². The molecule has 226 valence electrons. The molecule has 2 saturated heterocycles. The van der Waals surface area contributed by atoms with Crippen LogP contribution in [0.4, 0.5) is 26.1 Å². The highest BCUT2D eigenvalue weighted by Crippen LogP contribution is 2.40. The van der Waals surface area contributed by atoms with Crippen LogP contribution in [0.25, 0.3) is 33.4 Å². The summed E-state index contributed by atoms with van der Waals surface area (Å²) in [6, 6.07) is 12.1. The van der Waals surface area contributed by atoms with Crippen LogP contribution in [0.15, 0.2) is 48.7 Å². The first-order valence-electron chi connectivity index (χ1n) is 14.3.